The minimum Gasteiger partial charge on any atom is -0.512 e. The highest BCUT2D eigenvalue weighted by molar-refractivity contribution is 8.14. The number of ketones is 1. The van der Waals surface area contributed by atoms with Crippen molar-refractivity contribution in [2.45, 2.75) is 20.3 Å². The van der Waals surface area contributed by atoms with Gasteiger partial charge in [-0.2, -0.15) is 0 Å². The van der Waals surface area contributed by atoms with Crippen molar-refractivity contribution in [3.63, 3.8) is 0 Å². The Morgan fingerprint density at radius 1 is 1.26 bits per heavy atom. The molecule has 0 saturated carbocycles. The number of benzene rings is 1. The van der Waals surface area contributed by atoms with E-state index in [1.807, 2.05) is 36.6 Å². The number of Topliss-reactive ketones (excluding diaryl/α,β-unsaturated/α-hetero) is 1. The molecule has 0 radical (unpaired) electrons. The normalized spacial score (nSPS) is 13.1. The highest BCUT2D eigenvalue weighted by Gasteiger charge is 2.14. The lowest BCUT2D eigenvalue weighted by Gasteiger charge is -2.07. The van der Waals surface area contributed by atoms with Crippen molar-refractivity contribution < 1.29 is 9.90 Å². The van der Waals surface area contributed by atoms with Crippen LogP contribution in [-0.4, -0.2) is 28.7 Å². The van der Waals surface area contributed by atoms with E-state index in [0.29, 0.717) is 17.2 Å². The molecule has 0 aliphatic heterocycles. The molecule has 1 aromatic rings. The van der Waals surface area contributed by atoms with Gasteiger partial charge in [-0.15, -0.1) is 11.8 Å². The monoisotopic (exact) mass is 277 g/mol. The van der Waals surface area contributed by atoms with Crippen LogP contribution in [0.15, 0.2) is 46.7 Å². The zero-order valence-corrected chi connectivity index (χ0v) is 12.3. The number of carbonyl (C=O) groups is 1. The van der Waals surface area contributed by atoms with Gasteiger partial charge in [-0.1, -0.05) is 30.3 Å². The van der Waals surface area contributed by atoms with Gasteiger partial charge in [-0.25, -0.2) is 0 Å². The summed E-state index contributed by atoms with van der Waals surface area (Å²) in [7, 11) is 0. The number of nitrogens with zero attached hydrogens (tertiary/aromatic N) is 1. The van der Waals surface area contributed by atoms with Crippen LogP contribution >= 0.6 is 11.8 Å². The van der Waals surface area contributed by atoms with E-state index in [2.05, 4.69) is 4.99 Å². The molecule has 0 bridgehead atoms. The molecule has 1 rings (SSSR count). The van der Waals surface area contributed by atoms with Crippen LogP contribution in [0.5, 0.6) is 0 Å². The molecule has 0 amide bonds. The van der Waals surface area contributed by atoms with Crippen molar-refractivity contribution in [2.24, 2.45) is 4.99 Å². The molecule has 19 heavy (non-hydrogen) atoms. The van der Waals surface area contributed by atoms with Crippen LogP contribution in [0.4, 0.5) is 0 Å². The van der Waals surface area contributed by atoms with E-state index < -0.39 is 0 Å². The molecular weight excluding hydrogens is 258 g/mol. The number of hydrogen-bond acceptors (Lipinski definition) is 4. The third kappa shape index (κ3) is 4.91. The van der Waals surface area contributed by atoms with E-state index in [9.17, 15) is 9.90 Å². The largest absolute Gasteiger partial charge is 0.512 e. The number of hydrogen-bond donors (Lipinski definition) is 1. The molecule has 0 saturated heterocycles. The van der Waals surface area contributed by atoms with Crippen molar-refractivity contribution >= 4 is 22.6 Å². The summed E-state index contributed by atoms with van der Waals surface area (Å²) in [5, 5.41) is 10.2. The smallest absolute Gasteiger partial charge is 0.165 e. The van der Waals surface area contributed by atoms with Crippen LogP contribution in [-0.2, 0) is 11.2 Å². The van der Waals surface area contributed by atoms with Crippen molar-refractivity contribution in [1.82, 2.24) is 0 Å². The molecule has 0 unspecified atom stereocenters. The van der Waals surface area contributed by atoms with E-state index in [4.69, 9.17) is 0 Å². The van der Waals surface area contributed by atoms with Gasteiger partial charge in [0.25, 0.3) is 0 Å². The number of aliphatic hydroxyl groups is 1. The van der Waals surface area contributed by atoms with Crippen LogP contribution in [0.1, 0.15) is 19.4 Å². The molecule has 0 fully saturated rings. The topological polar surface area (TPSA) is 49.7 Å². The first-order valence-corrected chi connectivity index (χ1v) is 7.32. The Bertz CT molecular complexity index is 488. The second-order valence-corrected chi connectivity index (χ2v) is 4.94. The van der Waals surface area contributed by atoms with Gasteiger partial charge in [0.15, 0.2) is 5.78 Å². The van der Waals surface area contributed by atoms with Crippen LogP contribution in [0.2, 0.25) is 0 Å². The summed E-state index contributed by atoms with van der Waals surface area (Å²) in [6.07, 6.45) is 2.67. The van der Waals surface area contributed by atoms with Gasteiger partial charge < -0.3 is 5.11 Å². The van der Waals surface area contributed by atoms with Crippen molar-refractivity contribution in [3.05, 3.63) is 47.2 Å². The average Bonchev–Trinajstić information content (AvgIpc) is 2.37. The molecule has 0 spiro atoms. The Balaban J connectivity index is 2.78. The first kappa shape index (κ1) is 15.5. The fourth-order valence-corrected chi connectivity index (χ4v) is 2.45. The van der Waals surface area contributed by atoms with Gasteiger partial charge in [0.05, 0.1) is 5.57 Å². The van der Waals surface area contributed by atoms with Crippen molar-refractivity contribution in [1.29, 1.82) is 0 Å². The average molecular weight is 277 g/mol. The zero-order valence-electron chi connectivity index (χ0n) is 11.5. The summed E-state index contributed by atoms with van der Waals surface area (Å²) in [5.41, 5.74) is 1.53. The molecule has 1 aromatic carbocycles. The minimum atomic E-state index is -0.159. The number of thioether (sulfide) groups is 1. The van der Waals surface area contributed by atoms with Gasteiger partial charge in [0.1, 0.15) is 10.8 Å². The maximum Gasteiger partial charge on any atom is 0.165 e. The predicted octanol–water partition coefficient (Wildman–Crippen LogP) is 3.41. The number of carbonyl (C=O) groups excluding carboxylic acids is 1. The lowest BCUT2D eigenvalue weighted by molar-refractivity contribution is -0.113. The Kier molecular flexibility index (Phi) is 6.36. The lowest BCUT2D eigenvalue weighted by atomic mass is 10.1. The third-order valence-electron chi connectivity index (χ3n) is 2.62. The summed E-state index contributed by atoms with van der Waals surface area (Å²) in [4.78, 5) is 15.9. The first-order valence-electron chi connectivity index (χ1n) is 6.09. The Hall–Kier alpha value is -1.55. The highest BCUT2D eigenvalue weighted by Crippen LogP contribution is 2.14. The third-order valence-corrected chi connectivity index (χ3v) is 3.34. The zero-order chi connectivity index (χ0) is 14.3. The highest BCUT2D eigenvalue weighted by atomic mass is 32.2. The first-order chi connectivity index (χ1) is 9.06. The van der Waals surface area contributed by atoms with Gasteiger partial charge in [-0.3, -0.25) is 9.79 Å². The molecular formula is C15H19NO2S. The summed E-state index contributed by atoms with van der Waals surface area (Å²) >= 11 is 1.38. The molecule has 0 aliphatic rings. The SMILES string of the molecule is CSC(=NCCc1ccccc1)/C(C(C)=O)=C(/C)O. The van der Waals surface area contributed by atoms with Crippen LogP contribution in [0, 0.1) is 0 Å². The van der Waals surface area contributed by atoms with Crippen LogP contribution in [0.25, 0.3) is 0 Å². The quantitative estimate of drug-likeness (QED) is 0.388. The van der Waals surface area contributed by atoms with Crippen molar-refractivity contribution in [3.8, 4) is 0 Å². The maximum absolute atomic E-state index is 11.5. The number of aliphatic hydroxyl groups excluding tert-OH is 1. The fourth-order valence-electron chi connectivity index (χ4n) is 1.74. The number of rotatable bonds is 5. The standard InChI is InChI=1S/C15H19NO2S/c1-11(17)14(12(2)18)15(19-3)16-10-9-13-7-5-4-6-8-13/h4-8,17H,9-10H2,1-3H3/b14-11-,16-15?. The number of allylic oxidation sites excluding steroid dienone is 1. The maximum atomic E-state index is 11.5. The molecule has 0 atom stereocenters. The summed E-state index contributed by atoms with van der Waals surface area (Å²) in [5.74, 6) is -0.131. The van der Waals surface area contributed by atoms with Gasteiger partial charge >= 0.3 is 0 Å². The molecule has 0 aliphatic carbocycles. The predicted molar refractivity (Wildman–Crippen MR) is 82.0 cm³/mol. The Morgan fingerprint density at radius 2 is 1.89 bits per heavy atom. The van der Waals surface area contributed by atoms with E-state index in [0.717, 1.165) is 6.42 Å². The Morgan fingerprint density at radius 3 is 2.37 bits per heavy atom. The fraction of sp³-hybridized carbons (Fsp3) is 0.333. The molecule has 1 N–H and O–H groups in total. The van der Waals surface area contributed by atoms with Crippen LogP contribution < -0.4 is 0 Å². The summed E-state index contributed by atoms with van der Waals surface area (Å²) in [6, 6.07) is 10.1. The summed E-state index contributed by atoms with van der Waals surface area (Å²) in [6.45, 7) is 3.56. The number of aliphatic imine (C=N–C) groups is 1. The van der Waals surface area contributed by atoms with Crippen LogP contribution in [0.3, 0.4) is 0 Å². The van der Waals surface area contributed by atoms with Gasteiger partial charge in [0, 0.05) is 6.54 Å². The summed E-state index contributed by atoms with van der Waals surface area (Å²) < 4.78 is 0. The second kappa shape index (κ2) is 7.79. The molecule has 0 heterocycles. The molecule has 4 heteroatoms. The second-order valence-electron chi connectivity index (χ2n) is 4.14. The lowest BCUT2D eigenvalue weighted by Crippen LogP contribution is -2.10. The molecule has 102 valence electrons. The Labute approximate surface area is 118 Å². The van der Waals surface area contributed by atoms with Gasteiger partial charge in [0.2, 0.25) is 0 Å². The molecule has 0 aromatic heterocycles. The van der Waals surface area contributed by atoms with Crippen molar-refractivity contribution in [2.75, 3.05) is 12.8 Å². The van der Waals surface area contributed by atoms with E-state index in [1.54, 1.807) is 0 Å². The van der Waals surface area contributed by atoms with Gasteiger partial charge in [-0.05, 0) is 32.1 Å². The minimum absolute atomic E-state index is 0.0281. The van der Waals surface area contributed by atoms with E-state index >= 15 is 0 Å². The van der Waals surface area contributed by atoms with E-state index in [1.165, 1.54) is 31.2 Å². The molecule has 3 nitrogen and oxygen atoms in total. The van der Waals surface area contributed by atoms with E-state index in [-0.39, 0.29) is 11.5 Å².